The highest BCUT2D eigenvalue weighted by Gasteiger charge is 2.32. The maximum Gasteiger partial charge on any atom is 0.307 e. The number of carbonyl (C=O) groups excluding carboxylic acids is 1. The van der Waals surface area contributed by atoms with Crippen LogP contribution in [-0.4, -0.2) is 31.4 Å². The van der Waals surface area contributed by atoms with E-state index >= 15 is 0 Å². The molecule has 1 rings (SSSR count). The van der Waals surface area contributed by atoms with Gasteiger partial charge in [-0.1, -0.05) is 41.4 Å². The monoisotopic (exact) mass is 459 g/mol. The van der Waals surface area contributed by atoms with Crippen molar-refractivity contribution in [1.29, 1.82) is 0 Å². The van der Waals surface area contributed by atoms with Gasteiger partial charge in [-0.05, 0) is 65.7 Å². The third-order valence-corrected chi connectivity index (χ3v) is 6.30. The van der Waals surface area contributed by atoms with Crippen LogP contribution in [0.5, 0.6) is 0 Å². The molecule has 0 saturated heterocycles. The Morgan fingerprint density at radius 3 is 2.15 bits per heavy atom. The van der Waals surface area contributed by atoms with Crippen LogP contribution in [0.2, 0.25) is 0 Å². The Bertz CT molecular complexity index is 632. The first kappa shape index (κ1) is 24.3. The summed E-state index contributed by atoms with van der Waals surface area (Å²) in [6.45, 7) is 14.0. The van der Waals surface area contributed by atoms with E-state index in [-0.39, 0.29) is 18.4 Å². The lowest BCUT2D eigenvalue weighted by atomic mass is 10.0. The van der Waals surface area contributed by atoms with Gasteiger partial charge >= 0.3 is 5.97 Å². The number of hydrogen-bond donors (Lipinski definition) is 0. The molecule has 0 aromatic heterocycles. The Morgan fingerprint density at radius 1 is 1.15 bits per heavy atom. The quantitative estimate of drug-likeness (QED) is 0.462. The van der Waals surface area contributed by atoms with E-state index in [0.717, 1.165) is 22.9 Å². The lowest BCUT2D eigenvalue weighted by Gasteiger charge is -2.35. The Balaban J connectivity index is 3.11. The molecule has 0 bridgehead atoms. The van der Waals surface area contributed by atoms with E-state index in [4.69, 9.17) is 4.74 Å². The van der Waals surface area contributed by atoms with Gasteiger partial charge in [-0.3, -0.25) is 4.79 Å². The smallest absolute Gasteiger partial charge is 0.307 e. The summed E-state index contributed by atoms with van der Waals surface area (Å²) >= 11 is 3.47. The molecule has 0 aliphatic carbocycles. The normalized spacial score (nSPS) is 14.9. The number of carbonyl (C=O) groups is 1. The molecule has 4 nitrogen and oxygen atoms in total. The van der Waals surface area contributed by atoms with Crippen LogP contribution in [0.25, 0.3) is 0 Å². The highest BCUT2D eigenvalue weighted by Crippen LogP contribution is 2.32. The molecule has 0 aliphatic heterocycles. The Hall–Kier alpha value is -0.720. The van der Waals surface area contributed by atoms with Crippen molar-refractivity contribution in [2.75, 3.05) is 6.54 Å². The standard InChI is InChI=1S/C21H34BrNO3S/c1-8-9-18(16-10-12-17(22)13-11-16)23(27(25)21(5,6)7)15-14-19(24)26-20(2,3)4/h10-13,18H,8-9,14-15H2,1-7H3. The van der Waals surface area contributed by atoms with Crippen molar-refractivity contribution < 1.29 is 13.7 Å². The molecule has 1 aromatic rings. The summed E-state index contributed by atoms with van der Waals surface area (Å²) in [5.41, 5.74) is 0.599. The lowest BCUT2D eigenvalue weighted by molar-refractivity contribution is -0.155. The van der Waals surface area contributed by atoms with Crippen molar-refractivity contribution in [3.63, 3.8) is 0 Å². The molecular weight excluding hydrogens is 426 g/mol. The average Bonchev–Trinajstić information content (AvgIpc) is 2.52. The van der Waals surface area contributed by atoms with Gasteiger partial charge in [0, 0.05) is 17.1 Å². The summed E-state index contributed by atoms with van der Waals surface area (Å²) in [6, 6.07) is 8.12. The number of benzene rings is 1. The molecule has 2 atom stereocenters. The molecule has 0 saturated carbocycles. The number of ether oxygens (including phenoxy) is 1. The average molecular weight is 460 g/mol. The molecule has 6 heteroatoms. The predicted octanol–water partition coefficient (Wildman–Crippen LogP) is 5.79. The maximum absolute atomic E-state index is 13.3. The van der Waals surface area contributed by atoms with Gasteiger partial charge in [0.05, 0.1) is 11.2 Å². The molecule has 0 spiro atoms. The fraction of sp³-hybridized carbons (Fsp3) is 0.667. The molecule has 27 heavy (non-hydrogen) atoms. The zero-order chi connectivity index (χ0) is 20.8. The summed E-state index contributed by atoms with van der Waals surface area (Å²) in [5.74, 6) is -0.260. The molecule has 0 N–H and O–H groups in total. The molecule has 2 unspecified atom stereocenters. The molecule has 0 heterocycles. The van der Waals surface area contributed by atoms with E-state index in [0.29, 0.717) is 6.54 Å². The second-order valence-electron chi connectivity index (χ2n) is 8.69. The van der Waals surface area contributed by atoms with Crippen LogP contribution in [0.3, 0.4) is 0 Å². The van der Waals surface area contributed by atoms with Gasteiger partial charge in [-0.15, -0.1) is 0 Å². The number of halogens is 1. The van der Waals surface area contributed by atoms with Gasteiger partial charge in [-0.25, -0.2) is 8.51 Å². The molecule has 0 aliphatic rings. The van der Waals surface area contributed by atoms with Gasteiger partial charge < -0.3 is 4.74 Å². The van der Waals surface area contributed by atoms with Crippen molar-refractivity contribution in [1.82, 2.24) is 4.31 Å². The van der Waals surface area contributed by atoms with Gasteiger partial charge in [0.2, 0.25) is 0 Å². The fourth-order valence-corrected chi connectivity index (χ4v) is 4.42. The first-order chi connectivity index (χ1) is 12.3. The summed E-state index contributed by atoms with van der Waals surface area (Å²) in [5, 5.41) is 0. The predicted molar refractivity (Wildman–Crippen MR) is 117 cm³/mol. The van der Waals surface area contributed by atoms with Crippen molar-refractivity contribution >= 4 is 32.9 Å². The summed E-state index contributed by atoms with van der Waals surface area (Å²) < 4.78 is 21.3. The van der Waals surface area contributed by atoms with Crippen LogP contribution in [0.4, 0.5) is 0 Å². The third-order valence-electron chi connectivity index (χ3n) is 3.86. The molecule has 0 radical (unpaired) electrons. The number of nitrogens with zero attached hydrogens (tertiary/aromatic N) is 1. The topological polar surface area (TPSA) is 46.6 Å². The molecule has 0 amide bonds. The van der Waals surface area contributed by atoms with E-state index < -0.39 is 21.3 Å². The van der Waals surface area contributed by atoms with E-state index in [1.54, 1.807) is 0 Å². The van der Waals surface area contributed by atoms with Gasteiger partial charge in [0.25, 0.3) is 0 Å². The van der Waals surface area contributed by atoms with Crippen LogP contribution in [0, 0.1) is 0 Å². The highest BCUT2D eigenvalue weighted by atomic mass is 79.9. The highest BCUT2D eigenvalue weighted by molar-refractivity contribution is 9.10. The largest absolute Gasteiger partial charge is 0.460 e. The molecular formula is C21H34BrNO3S. The minimum absolute atomic E-state index is 0.00871. The first-order valence-corrected chi connectivity index (χ1v) is 11.4. The van der Waals surface area contributed by atoms with E-state index in [1.807, 2.05) is 58.0 Å². The Morgan fingerprint density at radius 2 is 1.70 bits per heavy atom. The van der Waals surface area contributed by atoms with Crippen molar-refractivity contribution in [2.24, 2.45) is 0 Å². The van der Waals surface area contributed by atoms with Crippen LogP contribution in [0.1, 0.15) is 79.3 Å². The maximum atomic E-state index is 13.3. The Labute approximate surface area is 175 Å². The second kappa shape index (κ2) is 10.2. The zero-order valence-corrected chi connectivity index (χ0v) is 20.1. The Kier molecular flexibility index (Phi) is 9.16. The van der Waals surface area contributed by atoms with Gasteiger partial charge in [0.1, 0.15) is 16.6 Å². The minimum atomic E-state index is -1.24. The number of rotatable bonds is 8. The van der Waals surface area contributed by atoms with Crippen molar-refractivity contribution in [3.05, 3.63) is 34.3 Å². The summed E-state index contributed by atoms with van der Waals surface area (Å²) in [4.78, 5) is 12.2. The summed E-state index contributed by atoms with van der Waals surface area (Å²) in [6.07, 6.45) is 2.05. The molecule has 1 aromatic carbocycles. The minimum Gasteiger partial charge on any atom is -0.460 e. The van der Waals surface area contributed by atoms with Crippen molar-refractivity contribution in [2.45, 2.75) is 84.1 Å². The zero-order valence-electron chi connectivity index (χ0n) is 17.7. The van der Waals surface area contributed by atoms with Gasteiger partial charge in [0.15, 0.2) is 0 Å². The van der Waals surface area contributed by atoms with E-state index in [2.05, 4.69) is 35.0 Å². The number of hydrogen-bond acceptors (Lipinski definition) is 3. The van der Waals surface area contributed by atoms with Crippen LogP contribution < -0.4 is 0 Å². The van der Waals surface area contributed by atoms with E-state index in [9.17, 15) is 9.00 Å². The van der Waals surface area contributed by atoms with Crippen LogP contribution in [-0.2, 0) is 20.5 Å². The van der Waals surface area contributed by atoms with Crippen LogP contribution in [0.15, 0.2) is 28.7 Å². The SMILES string of the molecule is CCCC(c1ccc(Br)cc1)N(CCC(=O)OC(C)(C)C)S(=O)C(C)(C)C. The third kappa shape index (κ3) is 8.44. The van der Waals surface area contributed by atoms with Gasteiger partial charge in [-0.2, -0.15) is 0 Å². The van der Waals surface area contributed by atoms with E-state index in [1.165, 1.54) is 0 Å². The fourth-order valence-electron chi connectivity index (χ4n) is 2.74. The summed E-state index contributed by atoms with van der Waals surface area (Å²) in [7, 11) is -1.24. The lowest BCUT2D eigenvalue weighted by Crippen LogP contribution is -2.41. The van der Waals surface area contributed by atoms with Crippen molar-refractivity contribution in [3.8, 4) is 0 Å². The van der Waals surface area contributed by atoms with Crippen LogP contribution >= 0.6 is 15.9 Å². The molecule has 0 fully saturated rings. The second-order valence-corrected chi connectivity index (χ2v) is 11.8. The first-order valence-electron chi connectivity index (χ1n) is 9.51. The molecule has 154 valence electrons. The number of esters is 1.